The summed E-state index contributed by atoms with van der Waals surface area (Å²) in [5.41, 5.74) is 0.860. The summed E-state index contributed by atoms with van der Waals surface area (Å²) in [6.07, 6.45) is -3.15. The van der Waals surface area contributed by atoms with E-state index in [4.69, 9.17) is 9.15 Å². The first-order valence-corrected chi connectivity index (χ1v) is 10.0. The summed E-state index contributed by atoms with van der Waals surface area (Å²) in [4.78, 5) is 18.1. The Morgan fingerprint density at radius 1 is 1.09 bits per heavy atom. The zero-order chi connectivity index (χ0) is 23.1. The number of methoxy groups -OCH3 is 1. The number of nitrogens with one attached hydrogen (secondary N) is 1. The van der Waals surface area contributed by atoms with Gasteiger partial charge in [-0.2, -0.15) is 13.2 Å². The van der Waals surface area contributed by atoms with Gasteiger partial charge in [0.1, 0.15) is 12.0 Å². The SMILES string of the molecule is CCNC(=O)c1coc(CN(Cc2cccc(OC)c2)Cc2cccc(C(F)(F)F)c2)n1. The normalized spacial score (nSPS) is 11.6. The van der Waals surface area contributed by atoms with Gasteiger partial charge in [0.15, 0.2) is 5.69 Å². The van der Waals surface area contributed by atoms with Gasteiger partial charge < -0.3 is 14.5 Å². The van der Waals surface area contributed by atoms with Gasteiger partial charge >= 0.3 is 6.18 Å². The van der Waals surface area contributed by atoms with Gasteiger partial charge in [0.05, 0.1) is 19.2 Å². The van der Waals surface area contributed by atoms with E-state index in [2.05, 4.69) is 10.3 Å². The summed E-state index contributed by atoms with van der Waals surface area (Å²) in [5, 5.41) is 2.65. The first kappa shape index (κ1) is 23.3. The molecule has 1 aromatic heterocycles. The Balaban J connectivity index is 1.83. The lowest BCUT2D eigenvalue weighted by Crippen LogP contribution is -2.24. The van der Waals surface area contributed by atoms with Gasteiger partial charge in [0.25, 0.3) is 5.91 Å². The van der Waals surface area contributed by atoms with E-state index in [1.54, 1.807) is 20.1 Å². The minimum Gasteiger partial charge on any atom is -0.497 e. The number of carbonyl (C=O) groups is 1. The van der Waals surface area contributed by atoms with Gasteiger partial charge in [-0.1, -0.05) is 30.3 Å². The van der Waals surface area contributed by atoms with Crippen LogP contribution in [0.2, 0.25) is 0 Å². The fraction of sp³-hybridized carbons (Fsp3) is 0.304. The maximum atomic E-state index is 13.1. The van der Waals surface area contributed by atoms with Crippen LogP contribution in [0.15, 0.2) is 59.2 Å². The number of alkyl halides is 3. The first-order valence-electron chi connectivity index (χ1n) is 10.0. The van der Waals surface area contributed by atoms with Crippen LogP contribution in [0.1, 0.15) is 40.0 Å². The van der Waals surface area contributed by atoms with Crippen LogP contribution in [-0.4, -0.2) is 29.4 Å². The second kappa shape index (κ2) is 10.3. The molecule has 0 spiro atoms. The average Bonchev–Trinajstić information content (AvgIpc) is 3.22. The van der Waals surface area contributed by atoms with Crippen LogP contribution in [0.5, 0.6) is 5.75 Å². The number of halogens is 3. The molecule has 1 amide bonds. The summed E-state index contributed by atoms with van der Waals surface area (Å²) >= 11 is 0. The highest BCUT2D eigenvalue weighted by molar-refractivity contribution is 5.91. The fourth-order valence-corrected chi connectivity index (χ4v) is 3.23. The zero-order valence-electron chi connectivity index (χ0n) is 17.8. The van der Waals surface area contributed by atoms with Crippen molar-refractivity contribution in [1.82, 2.24) is 15.2 Å². The first-order chi connectivity index (χ1) is 15.3. The molecule has 0 fully saturated rings. The highest BCUT2D eigenvalue weighted by atomic mass is 19.4. The lowest BCUT2D eigenvalue weighted by Gasteiger charge is -2.22. The van der Waals surface area contributed by atoms with E-state index >= 15 is 0 Å². The average molecular weight is 447 g/mol. The van der Waals surface area contributed by atoms with E-state index in [0.29, 0.717) is 30.3 Å². The molecule has 1 heterocycles. The molecule has 0 atom stereocenters. The summed E-state index contributed by atoms with van der Waals surface area (Å²) in [7, 11) is 1.56. The molecule has 0 saturated carbocycles. The number of carbonyl (C=O) groups excluding carboxylic acids is 1. The Morgan fingerprint density at radius 2 is 1.78 bits per heavy atom. The van der Waals surface area contributed by atoms with E-state index in [9.17, 15) is 18.0 Å². The van der Waals surface area contributed by atoms with Crippen LogP contribution < -0.4 is 10.1 Å². The van der Waals surface area contributed by atoms with E-state index in [1.165, 1.54) is 12.3 Å². The predicted octanol–water partition coefficient (Wildman–Crippen LogP) is 4.65. The van der Waals surface area contributed by atoms with Crippen LogP contribution in [-0.2, 0) is 25.8 Å². The molecule has 170 valence electrons. The molecule has 0 aliphatic heterocycles. The minimum atomic E-state index is -4.42. The summed E-state index contributed by atoms with van der Waals surface area (Å²) in [6.45, 7) is 3.08. The third-order valence-electron chi connectivity index (χ3n) is 4.68. The van der Waals surface area contributed by atoms with Gasteiger partial charge in [-0.15, -0.1) is 0 Å². The number of rotatable bonds is 9. The fourth-order valence-electron chi connectivity index (χ4n) is 3.23. The minimum absolute atomic E-state index is 0.155. The standard InChI is InChI=1S/C23H24F3N3O3/c1-3-27-22(30)20-15-32-21(28-20)14-29(13-17-7-5-9-19(11-17)31-2)12-16-6-4-8-18(10-16)23(24,25)26/h4-11,15H,3,12-14H2,1-2H3,(H,27,30). The van der Waals surface area contributed by atoms with Crippen LogP contribution in [0.25, 0.3) is 0 Å². The Morgan fingerprint density at radius 3 is 2.44 bits per heavy atom. The van der Waals surface area contributed by atoms with Gasteiger partial charge in [0, 0.05) is 19.6 Å². The van der Waals surface area contributed by atoms with Crippen molar-refractivity contribution < 1.29 is 27.1 Å². The lowest BCUT2D eigenvalue weighted by molar-refractivity contribution is -0.137. The van der Waals surface area contributed by atoms with Crippen LogP contribution in [0, 0.1) is 0 Å². The monoisotopic (exact) mass is 447 g/mol. The van der Waals surface area contributed by atoms with Crippen molar-refractivity contribution in [2.24, 2.45) is 0 Å². The molecule has 3 aromatic rings. The second-order valence-corrected chi connectivity index (χ2v) is 7.18. The van der Waals surface area contributed by atoms with Crippen molar-refractivity contribution in [3.8, 4) is 5.75 Å². The molecule has 0 aliphatic carbocycles. The van der Waals surface area contributed by atoms with Crippen LogP contribution >= 0.6 is 0 Å². The number of hydrogen-bond acceptors (Lipinski definition) is 5. The highest BCUT2D eigenvalue weighted by Crippen LogP contribution is 2.30. The molecular formula is C23H24F3N3O3. The maximum Gasteiger partial charge on any atom is 0.416 e. The van der Waals surface area contributed by atoms with Crippen LogP contribution in [0.4, 0.5) is 13.2 Å². The molecule has 6 nitrogen and oxygen atoms in total. The van der Waals surface area contributed by atoms with Crippen molar-refractivity contribution in [3.63, 3.8) is 0 Å². The van der Waals surface area contributed by atoms with E-state index in [1.807, 2.05) is 29.2 Å². The number of ether oxygens (including phenoxy) is 1. The van der Waals surface area contributed by atoms with E-state index < -0.39 is 11.7 Å². The number of amides is 1. The second-order valence-electron chi connectivity index (χ2n) is 7.18. The molecule has 2 aromatic carbocycles. The Hall–Kier alpha value is -3.33. The number of aromatic nitrogens is 1. The molecule has 0 bridgehead atoms. The molecule has 9 heteroatoms. The predicted molar refractivity (Wildman–Crippen MR) is 112 cm³/mol. The molecule has 0 unspecified atom stereocenters. The summed E-state index contributed by atoms with van der Waals surface area (Å²) < 4.78 is 50.1. The van der Waals surface area contributed by atoms with Gasteiger partial charge in [-0.25, -0.2) is 4.98 Å². The van der Waals surface area contributed by atoms with Gasteiger partial charge in [-0.3, -0.25) is 9.69 Å². The number of hydrogen-bond donors (Lipinski definition) is 1. The number of nitrogens with zero attached hydrogens (tertiary/aromatic N) is 2. The lowest BCUT2D eigenvalue weighted by atomic mass is 10.1. The Bertz CT molecular complexity index is 1050. The number of benzene rings is 2. The number of oxazole rings is 1. The third-order valence-corrected chi connectivity index (χ3v) is 4.68. The molecule has 0 saturated heterocycles. The van der Waals surface area contributed by atoms with Gasteiger partial charge in [0.2, 0.25) is 5.89 Å². The van der Waals surface area contributed by atoms with E-state index in [0.717, 1.165) is 17.7 Å². The van der Waals surface area contributed by atoms with E-state index in [-0.39, 0.29) is 24.7 Å². The smallest absolute Gasteiger partial charge is 0.416 e. The maximum absolute atomic E-state index is 13.1. The van der Waals surface area contributed by atoms with Crippen molar-refractivity contribution in [2.45, 2.75) is 32.7 Å². The van der Waals surface area contributed by atoms with Crippen molar-refractivity contribution in [1.29, 1.82) is 0 Å². The molecule has 0 aliphatic rings. The van der Waals surface area contributed by atoms with Crippen LogP contribution in [0.3, 0.4) is 0 Å². The topological polar surface area (TPSA) is 67.6 Å². The molecule has 32 heavy (non-hydrogen) atoms. The molecule has 1 N–H and O–H groups in total. The molecular weight excluding hydrogens is 423 g/mol. The third kappa shape index (κ3) is 6.34. The summed E-state index contributed by atoms with van der Waals surface area (Å²) in [5.74, 6) is 0.622. The Labute approximate surface area is 184 Å². The van der Waals surface area contributed by atoms with Gasteiger partial charge in [-0.05, 0) is 36.2 Å². The Kier molecular flexibility index (Phi) is 7.53. The van der Waals surface area contributed by atoms with Crippen molar-refractivity contribution >= 4 is 5.91 Å². The molecule has 3 rings (SSSR count). The largest absolute Gasteiger partial charge is 0.497 e. The van der Waals surface area contributed by atoms with Crippen molar-refractivity contribution in [2.75, 3.05) is 13.7 Å². The molecule has 0 radical (unpaired) electrons. The zero-order valence-corrected chi connectivity index (χ0v) is 17.8. The summed E-state index contributed by atoms with van der Waals surface area (Å²) in [6, 6.07) is 12.6. The van der Waals surface area contributed by atoms with Crippen molar-refractivity contribution in [3.05, 3.63) is 83.1 Å². The quantitative estimate of drug-likeness (QED) is 0.517. The highest BCUT2D eigenvalue weighted by Gasteiger charge is 2.30.